The predicted molar refractivity (Wildman–Crippen MR) is 108 cm³/mol. The van der Waals surface area contributed by atoms with Crippen molar-refractivity contribution in [1.82, 2.24) is 9.29 Å². The summed E-state index contributed by atoms with van der Waals surface area (Å²) < 4.78 is 26.2. The van der Waals surface area contributed by atoms with Gasteiger partial charge >= 0.3 is 0 Å². The first-order valence-corrected chi connectivity index (χ1v) is 11.7. The Labute approximate surface area is 165 Å². The normalized spacial score (nSPS) is 16.5. The van der Waals surface area contributed by atoms with Gasteiger partial charge in [-0.2, -0.15) is 0 Å². The van der Waals surface area contributed by atoms with E-state index in [9.17, 15) is 13.2 Å². The van der Waals surface area contributed by atoms with Crippen molar-refractivity contribution in [2.75, 3.05) is 24.2 Å². The number of carbonyl (C=O) groups is 1. The molecular formula is C17H20BrN3O3S2. The van der Waals surface area contributed by atoms with Crippen molar-refractivity contribution in [2.24, 2.45) is 5.92 Å². The molecule has 3 rings (SSSR count). The minimum Gasteiger partial charge on any atom is -0.302 e. The summed E-state index contributed by atoms with van der Waals surface area (Å²) in [7, 11) is -3.17. The molecule has 26 heavy (non-hydrogen) atoms. The lowest BCUT2D eigenvalue weighted by Crippen LogP contribution is -2.42. The molecule has 2 aromatic rings. The zero-order valence-corrected chi connectivity index (χ0v) is 17.5. The van der Waals surface area contributed by atoms with Gasteiger partial charge in [-0.25, -0.2) is 17.7 Å². The van der Waals surface area contributed by atoms with E-state index in [1.54, 1.807) is 6.92 Å². The van der Waals surface area contributed by atoms with Crippen molar-refractivity contribution in [1.29, 1.82) is 0 Å². The molecule has 0 unspecified atom stereocenters. The van der Waals surface area contributed by atoms with Gasteiger partial charge in [0.15, 0.2) is 5.13 Å². The van der Waals surface area contributed by atoms with Crippen LogP contribution in [0.5, 0.6) is 0 Å². The fourth-order valence-corrected chi connectivity index (χ4v) is 5.15. The molecular weight excluding hydrogens is 438 g/mol. The van der Waals surface area contributed by atoms with E-state index in [1.165, 1.54) is 15.6 Å². The van der Waals surface area contributed by atoms with Crippen LogP contribution in [-0.2, 0) is 14.8 Å². The smallest absolute Gasteiger partial charge is 0.229 e. The van der Waals surface area contributed by atoms with Crippen molar-refractivity contribution < 1.29 is 13.2 Å². The molecule has 1 fully saturated rings. The van der Waals surface area contributed by atoms with Gasteiger partial charge in [0.2, 0.25) is 15.9 Å². The van der Waals surface area contributed by atoms with E-state index in [1.807, 2.05) is 29.6 Å². The number of piperidine rings is 1. The minimum absolute atomic E-state index is 0.0892. The third kappa shape index (κ3) is 4.51. The van der Waals surface area contributed by atoms with Crippen LogP contribution in [0.25, 0.3) is 11.3 Å². The standard InChI is InChI=1S/C17H20BrN3O3S2/c1-2-26(23,24)21-8-6-12(7-9-21)16(22)20-17-19-15(11-25-17)13-4-3-5-14(18)10-13/h3-5,10-12H,2,6-9H2,1H3,(H,19,20,22). The lowest BCUT2D eigenvalue weighted by molar-refractivity contribution is -0.120. The van der Waals surface area contributed by atoms with Gasteiger partial charge in [0, 0.05) is 34.4 Å². The van der Waals surface area contributed by atoms with Crippen LogP contribution in [0, 0.1) is 5.92 Å². The number of thiazole rings is 1. The number of hydrogen-bond donors (Lipinski definition) is 1. The Morgan fingerprint density at radius 3 is 2.77 bits per heavy atom. The molecule has 140 valence electrons. The highest BCUT2D eigenvalue weighted by molar-refractivity contribution is 9.10. The zero-order valence-electron chi connectivity index (χ0n) is 14.3. The number of carbonyl (C=O) groups excluding carboxylic acids is 1. The fourth-order valence-electron chi connectivity index (χ4n) is 2.90. The molecule has 0 bridgehead atoms. The fraction of sp³-hybridized carbons (Fsp3) is 0.412. The van der Waals surface area contributed by atoms with E-state index in [0.29, 0.717) is 31.1 Å². The first-order chi connectivity index (χ1) is 12.4. The molecule has 0 saturated carbocycles. The SMILES string of the molecule is CCS(=O)(=O)N1CCC(C(=O)Nc2nc(-c3cccc(Br)c3)cs2)CC1. The molecule has 1 saturated heterocycles. The van der Waals surface area contributed by atoms with Gasteiger partial charge in [0.1, 0.15) is 0 Å². The molecule has 1 aliphatic rings. The van der Waals surface area contributed by atoms with E-state index in [4.69, 9.17) is 0 Å². The monoisotopic (exact) mass is 457 g/mol. The second-order valence-corrected chi connectivity index (χ2v) is 10.1. The highest BCUT2D eigenvalue weighted by Crippen LogP contribution is 2.28. The van der Waals surface area contributed by atoms with Crippen LogP contribution in [-0.4, -0.2) is 42.5 Å². The summed E-state index contributed by atoms with van der Waals surface area (Å²) in [5, 5.41) is 5.35. The first kappa shape index (κ1) is 19.5. The summed E-state index contributed by atoms with van der Waals surface area (Å²) in [4.78, 5) is 17.0. The van der Waals surface area contributed by atoms with E-state index >= 15 is 0 Å². The number of halogens is 1. The largest absolute Gasteiger partial charge is 0.302 e. The van der Waals surface area contributed by atoms with Crippen molar-refractivity contribution in [3.8, 4) is 11.3 Å². The Balaban J connectivity index is 1.60. The van der Waals surface area contributed by atoms with Gasteiger partial charge in [-0.05, 0) is 31.9 Å². The molecule has 0 aliphatic carbocycles. The Bertz CT molecular complexity index is 890. The molecule has 9 heteroatoms. The Kier molecular flexibility index (Phi) is 6.11. The maximum atomic E-state index is 12.5. The molecule has 0 atom stereocenters. The predicted octanol–water partition coefficient (Wildman–Crippen LogP) is 3.57. The van der Waals surface area contributed by atoms with E-state index in [-0.39, 0.29) is 17.6 Å². The summed E-state index contributed by atoms with van der Waals surface area (Å²) in [5.41, 5.74) is 1.80. The second-order valence-electron chi connectivity index (χ2n) is 6.11. The average Bonchev–Trinajstić information content (AvgIpc) is 3.10. The molecule has 0 spiro atoms. The van der Waals surface area contributed by atoms with Gasteiger partial charge in [0.05, 0.1) is 11.4 Å². The third-order valence-electron chi connectivity index (χ3n) is 4.44. The van der Waals surface area contributed by atoms with E-state index in [0.717, 1.165) is 15.7 Å². The van der Waals surface area contributed by atoms with Crippen molar-refractivity contribution in [2.45, 2.75) is 19.8 Å². The van der Waals surface area contributed by atoms with Crippen LogP contribution in [0.2, 0.25) is 0 Å². The van der Waals surface area contributed by atoms with Crippen LogP contribution < -0.4 is 5.32 Å². The van der Waals surface area contributed by atoms with Gasteiger partial charge in [-0.15, -0.1) is 11.3 Å². The molecule has 1 amide bonds. The topological polar surface area (TPSA) is 79.4 Å². The summed E-state index contributed by atoms with van der Waals surface area (Å²) in [6, 6.07) is 7.83. The van der Waals surface area contributed by atoms with Crippen LogP contribution >= 0.6 is 27.3 Å². The number of anilines is 1. The number of nitrogens with one attached hydrogen (secondary N) is 1. The molecule has 1 aliphatic heterocycles. The Hall–Kier alpha value is -1.29. The maximum Gasteiger partial charge on any atom is 0.229 e. The lowest BCUT2D eigenvalue weighted by Gasteiger charge is -2.30. The molecule has 2 heterocycles. The van der Waals surface area contributed by atoms with Gasteiger partial charge < -0.3 is 5.32 Å². The van der Waals surface area contributed by atoms with Gasteiger partial charge in [-0.1, -0.05) is 28.1 Å². The molecule has 6 nitrogen and oxygen atoms in total. The Morgan fingerprint density at radius 2 is 2.12 bits per heavy atom. The number of benzene rings is 1. The molecule has 0 radical (unpaired) electrons. The molecule has 1 N–H and O–H groups in total. The third-order valence-corrected chi connectivity index (χ3v) is 7.57. The van der Waals surface area contributed by atoms with Crippen molar-refractivity contribution in [3.63, 3.8) is 0 Å². The summed E-state index contributed by atoms with van der Waals surface area (Å²) in [6.07, 6.45) is 1.07. The van der Waals surface area contributed by atoms with Gasteiger partial charge in [-0.3, -0.25) is 4.79 Å². The quantitative estimate of drug-likeness (QED) is 0.743. The maximum absolute atomic E-state index is 12.5. The highest BCUT2D eigenvalue weighted by Gasteiger charge is 2.30. The van der Waals surface area contributed by atoms with E-state index in [2.05, 4.69) is 26.2 Å². The second kappa shape index (κ2) is 8.16. The number of nitrogens with zero attached hydrogens (tertiary/aromatic N) is 2. The van der Waals surface area contributed by atoms with Crippen LogP contribution in [0.15, 0.2) is 34.1 Å². The number of hydrogen-bond acceptors (Lipinski definition) is 5. The zero-order chi connectivity index (χ0) is 18.7. The number of aromatic nitrogens is 1. The minimum atomic E-state index is -3.17. The van der Waals surface area contributed by atoms with Crippen LogP contribution in [0.4, 0.5) is 5.13 Å². The lowest BCUT2D eigenvalue weighted by atomic mass is 9.97. The van der Waals surface area contributed by atoms with Crippen LogP contribution in [0.1, 0.15) is 19.8 Å². The van der Waals surface area contributed by atoms with Crippen molar-refractivity contribution >= 4 is 48.3 Å². The average molecular weight is 458 g/mol. The summed E-state index contributed by atoms with van der Waals surface area (Å²) in [5.74, 6) is -0.174. The number of rotatable bonds is 5. The Morgan fingerprint density at radius 1 is 1.38 bits per heavy atom. The first-order valence-electron chi connectivity index (χ1n) is 8.39. The van der Waals surface area contributed by atoms with Gasteiger partial charge in [0.25, 0.3) is 0 Å². The number of sulfonamides is 1. The van der Waals surface area contributed by atoms with Crippen molar-refractivity contribution in [3.05, 3.63) is 34.1 Å². The number of amides is 1. The summed E-state index contributed by atoms with van der Waals surface area (Å²) in [6.45, 7) is 2.43. The highest BCUT2D eigenvalue weighted by atomic mass is 79.9. The molecule has 1 aromatic carbocycles. The summed E-state index contributed by atoms with van der Waals surface area (Å²) >= 11 is 4.83. The van der Waals surface area contributed by atoms with E-state index < -0.39 is 10.0 Å². The van der Waals surface area contributed by atoms with Crippen LogP contribution in [0.3, 0.4) is 0 Å². The molecule has 1 aromatic heterocycles.